The molecule has 0 spiro atoms. The number of fused-ring (bicyclic) bond motifs is 3. The Kier molecular flexibility index (Phi) is 6.74. The molecule has 0 saturated heterocycles. The summed E-state index contributed by atoms with van der Waals surface area (Å²) >= 11 is 3.40. The Hall–Kier alpha value is -3.21. The molecule has 2 heterocycles. The van der Waals surface area contributed by atoms with Gasteiger partial charge in [0.1, 0.15) is 0 Å². The summed E-state index contributed by atoms with van der Waals surface area (Å²) in [5.74, 6) is -0.616. The van der Waals surface area contributed by atoms with Crippen LogP contribution in [0.25, 0.3) is 0 Å². The van der Waals surface area contributed by atoms with Gasteiger partial charge in [-0.2, -0.15) is 0 Å². The van der Waals surface area contributed by atoms with Gasteiger partial charge < -0.3 is 24.7 Å². The zero-order chi connectivity index (χ0) is 22.7. The Morgan fingerprint density at radius 2 is 2.10 bits per heavy atom. The second-order valence-electron chi connectivity index (χ2n) is 6.65. The van der Waals surface area contributed by atoms with Crippen molar-refractivity contribution in [2.24, 2.45) is 5.73 Å². The average Bonchev–Trinajstić information content (AvgIpc) is 3.12. The predicted molar refractivity (Wildman–Crippen MR) is 112 cm³/mol. The van der Waals surface area contributed by atoms with Gasteiger partial charge in [-0.25, -0.2) is 14.6 Å². The Morgan fingerprint density at radius 1 is 1.35 bits per heavy atom. The highest BCUT2D eigenvalue weighted by Gasteiger charge is 2.40. The van der Waals surface area contributed by atoms with Gasteiger partial charge in [-0.1, -0.05) is 22.0 Å². The summed E-state index contributed by atoms with van der Waals surface area (Å²) in [5.41, 5.74) is 5.85. The quantitative estimate of drug-likeness (QED) is 0.362. The Bertz CT molecular complexity index is 962. The van der Waals surface area contributed by atoms with Gasteiger partial charge in [-0.3, -0.25) is 9.80 Å². The maximum absolute atomic E-state index is 13.4. The first kappa shape index (κ1) is 22.5. The zero-order valence-corrected chi connectivity index (χ0v) is 18.6. The number of methoxy groups -OCH3 is 2. The summed E-state index contributed by atoms with van der Waals surface area (Å²) in [6.07, 6.45) is -0.345. The molecule has 10 nitrogen and oxygen atoms in total. The predicted octanol–water partition coefficient (Wildman–Crippen LogP) is 2.22. The van der Waals surface area contributed by atoms with Gasteiger partial charge in [0.2, 0.25) is 5.75 Å². The molecule has 11 heteroatoms. The summed E-state index contributed by atoms with van der Waals surface area (Å²) in [6, 6.07) is 3.32. The Morgan fingerprint density at radius 3 is 2.71 bits per heavy atom. The molecule has 1 atom stereocenters. The number of ether oxygens (including phenoxy) is 4. The molecule has 0 aromatic heterocycles. The lowest BCUT2D eigenvalue weighted by atomic mass is 10.1. The lowest BCUT2D eigenvalue weighted by Crippen LogP contribution is -2.50. The maximum Gasteiger partial charge on any atom is 0.405 e. The average molecular weight is 496 g/mol. The van der Waals surface area contributed by atoms with Crippen LogP contribution in [0.4, 0.5) is 4.79 Å². The zero-order valence-electron chi connectivity index (χ0n) is 17.1. The van der Waals surface area contributed by atoms with Crippen LogP contribution in [0.1, 0.15) is 18.4 Å². The molecule has 2 aliphatic heterocycles. The van der Waals surface area contributed by atoms with Gasteiger partial charge in [0, 0.05) is 29.4 Å². The molecular weight excluding hydrogens is 474 g/mol. The topological polar surface area (TPSA) is 121 Å². The van der Waals surface area contributed by atoms with E-state index in [1.54, 1.807) is 12.1 Å². The van der Waals surface area contributed by atoms with Crippen LogP contribution in [0.3, 0.4) is 0 Å². The molecule has 2 bridgehead atoms. The van der Waals surface area contributed by atoms with E-state index >= 15 is 0 Å². The second-order valence-corrected chi connectivity index (χ2v) is 7.61. The number of rotatable bonds is 6. The molecule has 0 aliphatic carbocycles. The molecule has 2 amide bonds. The van der Waals surface area contributed by atoms with Crippen molar-refractivity contribution >= 4 is 33.9 Å². The minimum atomic E-state index is -1.21. The number of carbonyl (C=O) groups excluding carboxylic acids is 3. The minimum absolute atomic E-state index is 0.00911. The van der Waals surface area contributed by atoms with Crippen LogP contribution in [0.15, 0.2) is 35.0 Å². The van der Waals surface area contributed by atoms with E-state index in [-0.39, 0.29) is 30.2 Å². The third-order valence-corrected chi connectivity index (χ3v) is 5.58. The smallest absolute Gasteiger partial charge is 0.405 e. The minimum Gasteiger partial charge on any atom is -0.493 e. The Labute approximate surface area is 187 Å². The van der Waals surface area contributed by atoms with Crippen LogP contribution in [-0.2, 0) is 20.9 Å². The van der Waals surface area contributed by atoms with Gasteiger partial charge in [0.25, 0.3) is 5.91 Å². The third kappa shape index (κ3) is 4.31. The molecule has 0 saturated carbocycles. The number of hydrazine groups is 1. The molecule has 2 N–H and O–H groups in total. The molecule has 3 rings (SSSR count). The van der Waals surface area contributed by atoms with E-state index in [1.165, 1.54) is 30.3 Å². The van der Waals surface area contributed by atoms with E-state index in [0.717, 1.165) is 0 Å². The number of nitrogens with zero attached hydrogens (tertiary/aromatic N) is 2. The summed E-state index contributed by atoms with van der Waals surface area (Å²) < 4.78 is 22.0. The van der Waals surface area contributed by atoms with E-state index in [0.29, 0.717) is 28.8 Å². The van der Waals surface area contributed by atoms with Crippen molar-refractivity contribution in [3.8, 4) is 17.2 Å². The SMILES string of the molecule is C=CC[C@@H](OC(N)=O)C(=O)N1Cc2ccc(OC)c(c2OC)OC(=O)C2=C(Br)CCN21. The molecular formula is C20H22BrN3O7. The number of carbonyl (C=O) groups is 3. The van der Waals surface area contributed by atoms with Crippen molar-refractivity contribution in [1.29, 1.82) is 0 Å². The first-order chi connectivity index (χ1) is 14.8. The molecule has 0 fully saturated rings. The lowest BCUT2D eigenvalue weighted by molar-refractivity contribution is -0.157. The lowest BCUT2D eigenvalue weighted by Gasteiger charge is -2.35. The fourth-order valence-corrected chi connectivity index (χ4v) is 4.01. The molecule has 2 aliphatic rings. The van der Waals surface area contributed by atoms with E-state index in [4.69, 9.17) is 24.7 Å². The van der Waals surface area contributed by atoms with Gasteiger partial charge in [0.15, 0.2) is 23.3 Å². The number of benzene rings is 1. The third-order valence-electron chi connectivity index (χ3n) is 4.81. The summed E-state index contributed by atoms with van der Waals surface area (Å²) in [7, 11) is 2.87. The van der Waals surface area contributed by atoms with Crippen molar-refractivity contribution < 1.29 is 33.3 Å². The van der Waals surface area contributed by atoms with Crippen LogP contribution in [0.5, 0.6) is 17.2 Å². The number of esters is 1. The fourth-order valence-electron chi connectivity index (χ4n) is 3.46. The summed E-state index contributed by atoms with van der Waals surface area (Å²) in [5, 5.41) is 2.82. The highest BCUT2D eigenvalue weighted by Crippen LogP contribution is 2.43. The van der Waals surface area contributed by atoms with Gasteiger partial charge in [0.05, 0.1) is 20.8 Å². The number of hydrogen-bond acceptors (Lipinski definition) is 8. The number of halogens is 1. The van der Waals surface area contributed by atoms with Crippen LogP contribution < -0.4 is 19.9 Å². The second kappa shape index (κ2) is 9.29. The normalized spacial score (nSPS) is 16.4. The van der Waals surface area contributed by atoms with Crippen molar-refractivity contribution in [3.05, 3.63) is 40.5 Å². The van der Waals surface area contributed by atoms with Crippen molar-refractivity contribution in [1.82, 2.24) is 10.0 Å². The maximum atomic E-state index is 13.4. The van der Waals surface area contributed by atoms with Gasteiger partial charge in [-0.15, -0.1) is 6.58 Å². The molecule has 1 aromatic rings. The van der Waals surface area contributed by atoms with Crippen LogP contribution in [0, 0.1) is 0 Å². The van der Waals surface area contributed by atoms with Crippen LogP contribution in [0.2, 0.25) is 0 Å². The number of hydrogen-bond donors (Lipinski definition) is 1. The standard InChI is InChI=1S/C20H22BrN3O7/c1-4-5-14(30-20(22)27)18(25)24-10-11-6-7-13(28-2)17(16(11)29-3)31-19(26)15-12(21)8-9-23(15)24/h4,6-7,14H,1,5,8-10H2,2-3H3,(H2,22,27)/t14-/m1/s1. The van der Waals surface area contributed by atoms with E-state index in [2.05, 4.69) is 22.5 Å². The van der Waals surface area contributed by atoms with Crippen molar-refractivity contribution in [2.45, 2.75) is 25.5 Å². The number of amides is 2. The van der Waals surface area contributed by atoms with Crippen LogP contribution in [-0.4, -0.2) is 54.9 Å². The summed E-state index contributed by atoms with van der Waals surface area (Å²) in [4.78, 5) is 37.8. The largest absolute Gasteiger partial charge is 0.493 e. The first-order valence-corrected chi connectivity index (χ1v) is 10.1. The highest BCUT2D eigenvalue weighted by atomic mass is 79.9. The monoisotopic (exact) mass is 495 g/mol. The number of primary amides is 1. The molecule has 0 radical (unpaired) electrons. The van der Waals surface area contributed by atoms with E-state index in [1.807, 2.05) is 0 Å². The van der Waals surface area contributed by atoms with Crippen LogP contribution >= 0.6 is 15.9 Å². The number of nitrogens with two attached hydrogens (primary N) is 1. The van der Waals surface area contributed by atoms with E-state index < -0.39 is 24.1 Å². The molecule has 166 valence electrons. The molecule has 0 unspecified atom stereocenters. The van der Waals surface area contributed by atoms with Crippen molar-refractivity contribution in [3.63, 3.8) is 0 Å². The fraction of sp³-hybridized carbons (Fsp3) is 0.350. The highest BCUT2D eigenvalue weighted by molar-refractivity contribution is 9.11. The summed E-state index contributed by atoms with van der Waals surface area (Å²) in [6.45, 7) is 3.93. The van der Waals surface area contributed by atoms with Crippen molar-refractivity contribution in [2.75, 3.05) is 20.8 Å². The molecule has 1 aromatic carbocycles. The Balaban J connectivity index is 2.15. The molecule has 31 heavy (non-hydrogen) atoms. The first-order valence-electron chi connectivity index (χ1n) is 9.32. The van der Waals surface area contributed by atoms with Gasteiger partial charge in [-0.05, 0) is 12.1 Å². The van der Waals surface area contributed by atoms with Gasteiger partial charge >= 0.3 is 12.1 Å². The van der Waals surface area contributed by atoms with E-state index in [9.17, 15) is 14.4 Å².